The standard InChI is InChI=1S/C29H29F3N2O9S2/c1-17(43-45(39,40)29(30,31)32)15-20-16-44(38)25-21(33-27(37)42-28(2,3)4)24(35)34(25)22(20)26(36)41-23(18-11-7-5-8-12-18)19-13-9-6-10-14-19/h5-15,21,23,25H,16H2,1-4H3,(H,33,37)/b17-15+. The molecule has 0 saturated carbocycles. The number of hydrogen-bond acceptors (Lipinski definition) is 9. The fourth-order valence-electron chi connectivity index (χ4n) is 4.58. The summed E-state index contributed by atoms with van der Waals surface area (Å²) in [5.74, 6) is -3.35. The van der Waals surface area contributed by atoms with Crippen LogP contribution < -0.4 is 5.32 Å². The quantitative estimate of drug-likeness (QED) is 0.109. The molecule has 242 valence electrons. The number of hydrogen-bond donors (Lipinski definition) is 1. The molecule has 2 aromatic carbocycles. The Morgan fingerprint density at radius 1 is 1.04 bits per heavy atom. The number of nitrogens with zero attached hydrogens (tertiary/aromatic N) is 1. The van der Waals surface area contributed by atoms with Crippen molar-refractivity contribution in [2.45, 2.75) is 56.3 Å². The van der Waals surface area contributed by atoms with Crippen molar-refractivity contribution in [3.63, 3.8) is 0 Å². The van der Waals surface area contributed by atoms with E-state index in [4.69, 9.17) is 9.47 Å². The Kier molecular flexibility index (Phi) is 9.61. The van der Waals surface area contributed by atoms with Crippen LogP contribution in [0, 0.1) is 0 Å². The van der Waals surface area contributed by atoms with Crippen LogP contribution in [0.3, 0.4) is 0 Å². The minimum atomic E-state index is -6.07. The summed E-state index contributed by atoms with van der Waals surface area (Å²) in [6, 6.07) is 15.7. The molecule has 0 bridgehead atoms. The van der Waals surface area contributed by atoms with E-state index in [2.05, 4.69) is 9.50 Å². The molecular formula is C29H29F3N2O9S2. The third-order valence-corrected chi connectivity index (χ3v) is 9.02. The third kappa shape index (κ3) is 7.62. The maximum Gasteiger partial charge on any atom is 0.534 e. The van der Waals surface area contributed by atoms with Crippen molar-refractivity contribution >= 4 is 39.3 Å². The van der Waals surface area contributed by atoms with Crippen molar-refractivity contribution in [1.29, 1.82) is 0 Å². The molecule has 4 rings (SSSR count). The second-order valence-corrected chi connectivity index (χ2v) is 14.0. The lowest BCUT2D eigenvalue weighted by molar-refractivity contribution is -0.154. The fourth-order valence-corrected chi connectivity index (χ4v) is 6.69. The highest BCUT2D eigenvalue weighted by atomic mass is 32.2. The second-order valence-electron chi connectivity index (χ2n) is 11.0. The molecule has 0 radical (unpaired) electrons. The summed E-state index contributed by atoms with van der Waals surface area (Å²) in [7, 11) is -6.07. The predicted octanol–water partition coefficient (Wildman–Crippen LogP) is 4.17. The summed E-state index contributed by atoms with van der Waals surface area (Å²) in [5.41, 5.74) is -6.37. The highest BCUT2D eigenvalue weighted by Gasteiger charge is 2.61. The molecule has 45 heavy (non-hydrogen) atoms. The molecule has 1 saturated heterocycles. The zero-order valence-corrected chi connectivity index (χ0v) is 26.0. The summed E-state index contributed by atoms with van der Waals surface area (Å²) < 4.78 is 90.6. The molecule has 16 heteroatoms. The van der Waals surface area contributed by atoms with Crippen LogP contribution in [-0.2, 0) is 44.5 Å². The van der Waals surface area contributed by atoms with Crippen LogP contribution in [0.4, 0.5) is 18.0 Å². The molecule has 2 aliphatic rings. The van der Waals surface area contributed by atoms with E-state index in [1.165, 1.54) is 0 Å². The van der Waals surface area contributed by atoms with Crippen LogP contribution in [0.5, 0.6) is 0 Å². The minimum Gasteiger partial charge on any atom is -0.614 e. The van der Waals surface area contributed by atoms with Crippen LogP contribution in [0.25, 0.3) is 0 Å². The van der Waals surface area contributed by atoms with Gasteiger partial charge in [0.25, 0.3) is 5.91 Å². The molecule has 3 atom stereocenters. The summed E-state index contributed by atoms with van der Waals surface area (Å²) in [5, 5.41) is 1.08. The molecular weight excluding hydrogens is 641 g/mol. The average molecular weight is 671 g/mol. The van der Waals surface area contributed by atoms with Crippen molar-refractivity contribution in [3.8, 4) is 0 Å². The topological polar surface area (TPSA) is 151 Å². The Morgan fingerprint density at radius 2 is 1.58 bits per heavy atom. The van der Waals surface area contributed by atoms with E-state index in [1.807, 2.05) is 0 Å². The predicted molar refractivity (Wildman–Crippen MR) is 154 cm³/mol. The van der Waals surface area contributed by atoms with Crippen molar-refractivity contribution in [2.24, 2.45) is 0 Å². The zero-order chi connectivity index (χ0) is 33.3. The molecule has 0 aromatic heterocycles. The molecule has 1 N–H and O–H groups in total. The Balaban J connectivity index is 1.75. The largest absolute Gasteiger partial charge is 0.614 e. The van der Waals surface area contributed by atoms with E-state index in [0.717, 1.165) is 17.9 Å². The third-order valence-electron chi connectivity index (χ3n) is 6.35. The number of allylic oxidation sites excluding steroid dienone is 2. The molecule has 2 heterocycles. The first-order valence-electron chi connectivity index (χ1n) is 13.3. The van der Waals surface area contributed by atoms with Gasteiger partial charge in [-0.1, -0.05) is 60.7 Å². The monoisotopic (exact) mass is 670 g/mol. The van der Waals surface area contributed by atoms with Gasteiger partial charge in [0.15, 0.2) is 12.1 Å². The van der Waals surface area contributed by atoms with Gasteiger partial charge in [0.05, 0.1) is 0 Å². The second kappa shape index (κ2) is 12.8. The van der Waals surface area contributed by atoms with Crippen molar-refractivity contribution in [2.75, 3.05) is 5.75 Å². The summed E-state index contributed by atoms with van der Waals surface area (Å²) in [6.07, 6.45) is -1.22. The van der Waals surface area contributed by atoms with Gasteiger partial charge in [-0.15, -0.1) is 0 Å². The number of ether oxygens (including phenoxy) is 2. The number of β-lactam (4-membered cyclic amide) rings is 1. The normalized spacial score (nSPS) is 20.7. The van der Waals surface area contributed by atoms with E-state index in [-0.39, 0.29) is 5.57 Å². The molecule has 0 aliphatic carbocycles. The average Bonchev–Trinajstić information content (AvgIpc) is 2.93. The van der Waals surface area contributed by atoms with Crippen molar-refractivity contribution < 1.29 is 54.2 Å². The summed E-state index contributed by atoms with van der Waals surface area (Å²) >= 11 is -2.03. The first kappa shape index (κ1) is 33.9. The van der Waals surface area contributed by atoms with E-state index >= 15 is 0 Å². The number of alkyl carbamates (subject to hydrolysis) is 1. The van der Waals surface area contributed by atoms with Crippen LogP contribution >= 0.6 is 0 Å². The molecule has 3 unspecified atom stereocenters. The molecule has 0 spiro atoms. The summed E-state index contributed by atoms with van der Waals surface area (Å²) in [4.78, 5) is 40.5. The van der Waals surface area contributed by atoms with Gasteiger partial charge in [-0.05, 0) is 56.1 Å². The number of alkyl halides is 3. The van der Waals surface area contributed by atoms with Gasteiger partial charge in [-0.2, -0.15) is 21.6 Å². The highest BCUT2D eigenvalue weighted by Crippen LogP contribution is 2.39. The van der Waals surface area contributed by atoms with Crippen LogP contribution in [0.15, 0.2) is 83.8 Å². The lowest BCUT2D eigenvalue weighted by atomic mass is 10.0. The van der Waals surface area contributed by atoms with Crippen LogP contribution in [-0.4, -0.2) is 64.1 Å². The minimum absolute atomic E-state index is 0.284. The Bertz CT molecular complexity index is 1580. The SMILES string of the molecule is C/C(=C\C1=C(C(=O)OC(c2ccccc2)c2ccccc2)N2C(=O)C(NC(=O)OC(C)(C)C)C2[S+]([O-])C1)OS(=O)(=O)C(F)(F)F. The number of benzene rings is 2. The molecule has 2 amide bonds. The van der Waals surface area contributed by atoms with Gasteiger partial charge in [0.2, 0.25) is 5.37 Å². The van der Waals surface area contributed by atoms with E-state index in [1.54, 1.807) is 81.4 Å². The van der Waals surface area contributed by atoms with Gasteiger partial charge in [0, 0.05) is 5.57 Å². The van der Waals surface area contributed by atoms with Gasteiger partial charge in [-0.3, -0.25) is 9.69 Å². The number of nitrogens with one attached hydrogen (secondary N) is 1. The first-order chi connectivity index (χ1) is 20.9. The number of fused-ring (bicyclic) bond motifs is 1. The maximum atomic E-state index is 13.9. The molecule has 2 aliphatic heterocycles. The van der Waals surface area contributed by atoms with E-state index in [9.17, 15) is 40.5 Å². The lowest BCUT2D eigenvalue weighted by Crippen LogP contribution is -2.75. The number of carbonyl (C=O) groups excluding carboxylic acids is 3. The zero-order valence-electron chi connectivity index (χ0n) is 24.4. The molecule has 1 fully saturated rings. The number of amides is 2. The van der Waals surface area contributed by atoms with E-state index in [0.29, 0.717) is 11.1 Å². The number of carbonyl (C=O) groups is 3. The summed E-state index contributed by atoms with van der Waals surface area (Å²) in [6.45, 7) is 5.66. The van der Waals surface area contributed by atoms with Gasteiger partial charge in [-0.25, -0.2) is 9.59 Å². The van der Waals surface area contributed by atoms with Crippen molar-refractivity contribution in [1.82, 2.24) is 10.2 Å². The maximum absolute atomic E-state index is 13.9. The molecule has 11 nitrogen and oxygen atoms in total. The number of rotatable bonds is 8. The fraction of sp³-hybridized carbons (Fsp3) is 0.345. The Morgan fingerprint density at radius 3 is 2.07 bits per heavy atom. The Labute approximate surface area is 260 Å². The van der Waals surface area contributed by atoms with Crippen molar-refractivity contribution in [3.05, 3.63) is 94.9 Å². The van der Waals surface area contributed by atoms with E-state index < -0.39 is 85.1 Å². The number of esters is 1. The van der Waals surface area contributed by atoms with Gasteiger partial charge in [0.1, 0.15) is 22.8 Å². The lowest BCUT2D eigenvalue weighted by Gasteiger charge is -2.49. The van der Waals surface area contributed by atoms with Crippen LogP contribution in [0.2, 0.25) is 0 Å². The van der Waals surface area contributed by atoms with Crippen LogP contribution in [0.1, 0.15) is 44.9 Å². The smallest absolute Gasteiger partial charge is 0.534 e. The number of halogens is 3. The van der Waals surface area contributed by atoms with Gasteiger partial charge >= 0.3 is 27.7 Å². The highest BCUT2D eigenvalue weighted by molar-refractivity contribution is 7.92. The first-order valence-corrected chi connectivity index (χ1v) is 16.1. The molecule has 2 aromatic rings. The Hall–Kier alpha value is -4.02. The van der Waals surface area contributed by atoms with Gasteiger partial charge < -0.3 is 23.5 Å².